The third-order valence-corrected chi connectivity index (χ3v) is 6.01. The smallest absolute Gasteiger partial charge is 0.229 e. The Morgan fingerprint density at radius 2 is 1.68 bits per heavy atom. The lowest BCUT2D eigenvalue weighted by Gasteiger charge is -2.17. The van der Waals surface area contributed by atoms with Gasteiger partial charge < -0.3 is 10.3 Å². The molecule has 37 heavy (non-hydrogen) atoms. The van der Waals surface area contributed by atoms with E-state index in [2.05, 4.69) is 40.4 Å². The summed E-state index contributed by atoms with van der Waals surface area (Å²) in [5.74, 6) is 0.524. The lowest BCUT2D eigenvalue weighted by molar-refractivity contribution is -0.123. The van der Waals surface area contributed by atoms with Crippen molar-refractivity contribution in [3.63, 3.8) is 0 Å². The summed E-state index contributed by atoms with van der Waals surface area (Å²) in [5.41, 5.74) is 6.34. The predicted molar refractivity (Wildman–Crippen MR) is 141 cm³/mol. The highest BCUT2D eigenvalue weighted by Gasteiger charge is 2.21. The van der Waals surface area contributed by atoms with Crippen LogP contribution in [0.25, 0.3) is 56.0 Å². The number of rotatable bonds is 4. The molecule has 0 saturated carbocycles. The number of carbonyl (C=O) groups excluding carboxylic acids is 1. The van der Waals surface area contributed by atoms with Gasteiger partial charge in [-0.05, 0) is 30.3 Å². The molecule has 10 heteroatoms. The summed E-state index contributed by atoms with van der Waals surface area (Å²) in [5, 5.41) is 11.2. The topological polar surface area (TPSA) is 138 Å². The van der Waals surface area contributed by atoms with E-state index in [1.165, 1.54) is 0 Å². The van der Waals surface area contributed by atoms with Gasteiger partial charge in [-0.3, -0.25) is 24.8 Å². The minimum Gasteiger partial charge on any atom is -0.336 e. The number of hydrogen-bond donors (Lipinski definition) is 3. The van der Waals surface area contributed by atoms with Gasteiger partial charge in [0.1, 0.15) is 11.2 Å². The molecule has 0 spiro atoms. The third kappa shape index (κ3) is 4.18. The number of aromatic amines is 2. The van der Waals surface area contributed by atoms with Crippen LogP contribution in [-0.4, -0.2) is 46.0 Å². The lowest BCUT2D eigenvalue weighted by atomic mass is 9.95. The van der Waals surface area contributed by atoms with E-state index in [-0.39, 0.29) is 5.91 Å². The summed E-state index contributed by atoms with van der Waals surface area (Å²) < 4.78 is 0. The van der Waals surface area contributed by atoms with Gasteiger partial charge in [0.2, 0.25) is 5.91 Å². The van der Waals surface area contributed by atoms with Crippen molar-refractivity contribution in [1.82, 2.24) is 40.1 Å². The molecule has 182 valence electrons. The van der Waals surface area contributed by atoms with Gasteiger partial charge in [-0.15, -0.1) is 0 Å². The molecule has 0 aliphatic rings. The van der Waals surface area contributed by atoms with Gasteiger partial charge in [-0.1, -0.05) is 20.8 Å². The van der Waals surface area contributed by atoms with E-state index in [1.807, 2.05) is 51.1 Å². The summed E-state index contributed by atoms with van der Waals surface area (Å²) in [6, 6.07) is 9.57. The number of amides is 1. The van der Waals surface area contributed by atoms with Crippen LogP contribution in [0.15, 0.2) is 67.5 Å². The number of H-pyrrole nitrogens is 2. The fourth-order valence-electron chi connectivity index (χ4n) is 4.00. The molecule has 0 saturated heterocycles. The molecule has 0 fully saturated rings. The average molecular weight is 490 g/mol. The number of imidazole rings is 1. The first-order chi connectivity index (χ1) is 17.9. The Labute approximate surface area is 211 Å². The van der Waals surface area contributed by atoms with Crippen molar-refractivity contribution in [2.24, 2.45) is 5.41 Å². The number of hydrogen-bond acceptors (Lipinski definition) is 7. The Morgan fingerprint density at radius 1 is 0.865 bits per heavy atom. The molecule has 0 aromatic carbocycles. The van der Waals surface area contributed by atoms with E-state index >= 15 is 0 Å². The van der Waals surface area contributed by atoms with E-state index in [9.17, 15) is 4.79 Å². The number of aromatic nitrogens is 8. The van der Waals surface area contributed by atoms with Gasteiger partial charge in [0, 0.05) is 53.1 Å². The zero-order valence-electron chi connectivity index (χ0n) is 20.4. The van der Waals surface area contributed by atoms with Gasteiger partial charge in [0.15, 0.2) is 11.5 Å². The monoisotopic (exact) mass is 489 g/mol. The second-order valence-corrected chi connectivity index (χ2v) is 9.74. The second kappa shape index (κ2) is 8.59. The SMILES string of the molecule is CC(C)(C)C(=O)Nc1cncc(-c2cnc3[nH]nc(-c4nc5c(-c6ccncc6)nccc5[nH]4)c3c2)c1. The summed E-state index contributed by atoms with van der Waals surface area (Å²) in [6.45, 7) is 5.60. The van der Waals surface area contributed by atoms with Gasteiger partial charge >= 0.3 is 0 Å². The van der Waals surface area contributed by atoms with E-state index in [0.717, 1.165) is 38.8 Å². The van der Waals surface area contributed by atoms with Crippen LogP contribution in [0.2, 0.25) is 0 Å². The van der Waals surface area contributed by atoms with Gasteiger partial charge in [-0.2, -0.15) is 5.10 Å². The summed E-state index contributed by atoms with van der Waals surface area (Å²) >= 11 is 0. The van der Waals surface area contributed by atoms with Crippen molar-refractivity contribution in [2.75, 3.05) is 5.32 Å². The van der Waals surface area contributed by atoms with Gasteiger partial charge in [-0.25, -0.2) is 9.97 Å². The maximum atomic E-state index is 12.4. The average Bonchev–Trinajstić information content (AvgIpc) is 3.52. The van der Waals surface area contributed by atoms with Crippen LogP contribution >= 0.6 is 0 Å². The Morgan fingerprint density at radius 3 is 2.49 bits per heavy atom. The largest absolute Gasteiger partial charge is 0.336 e. The molecule has 0 radical (unpaired) electrons. The fraction of sp³-hybridized carbons (Fsp3) is 0.148. The van der Waals surface area contributed by atoms with Crippen LogP contribution in [0.3, 0.4) is 0 Å². The number of carbonyl (C=O) groups is 1. The van der Waals surface area contributed by atoms with Crippen LogP contribution in [0.4, 0.5) is 5.69 Å². The lowest BCUT2D eigenvalue weighted by Crippen LogP contribution is -2.27. The highest BCUT2D eigenvalue weighted by molar-refractivity contribution is 5.97. The molecule has 6 aromatic rings. The number of nitrogens with zero attached hydrogens (tertiary/aromatic N) is 6. The van der Waals surface area contributed by atoms with Crippen LogP contribution < -0.4 is 5.32 Å². The van der Waals surface area contributed by atoms with Crippen molar-refractivity contribution in [2.45, 2.75) is 20.8 Å². The molecular weight excluding hydrogens is 466 g/mol. The summed E-state index contributed by atoms with van der Waals surface area (Å²) in [7, 11) is 0. The number of fused-ring (bicyclic) bond motifs is 2. The first-order valence-corrected chi connectivity index (χ1v) is 11.7. The second-order valence-electron chi connectivity index (χ2n) is 9.74. The quantitative estimate of drug-likeness (QED) is 0.317. The van der Waals surface area contributed by atoms with Gasteiger partial charge in [0.25, 0.3) is 0 Å². The van der Waals surface area contributed by atoms with E-state index in [0.29, 0.717) is 22.9 Å². The van der Waals surface area contributed by atoms with Crippen molar-refractivity contribution in [3.8, 4) is 33.9 Å². The summed E-state index contributed by atoms with van der Waals surface area (Å²) in [4.78, 5) is 38.2. The first-order valence-electron chi connectivity index (χ1n) is 11.7. The molecule has 0 aliphatic carbocycles. The third-order valence-electron chi connectivity index (χ3n) is 6.01. The highest BCUT2D eigenvalue weighted by atomic mass is 16.2. The first kappa shape index (κ1) is 22.5. The molecule has 0 unspecified atom stereocenters. The molecule has 6 heterocycles. The zero-order chi connectivity index (χ0) is 25.6. The van der Waals surface area contributed by atoms with Crippen LogP contribution in [0.1, 0.15) is 20.8 Å². The molecule has 1 amide bonds. The van der Waals surface area contributed by atoms with E-state index in [1.54, 1.807) is 37.2 Å². The van der Waals surface area contributed by atoms with Crippen LogP contribution in [0, 0.1) is 5.41 Å². The van der Waals surface area contributed by atoms with Crippen molar-refractivity contribution >= 4 is 33.7 Å². The van der Waals surface area contributed by atoms with E-state index < -0.39 is 5.41 Å². The predicted octanol–water partition coefficient (Wildman–Crippen LogP) is 5.00. The maximum absolute atomic E-state index is 12.4. The molecule has 0 bridgehead atoms. The van der Waals surface area contributed by atoms with Crippen molar-refractivity contribution in [3.05, 3.63) is 67.5 Å². The molecule has 3 N–H and O–H groups in total. The van der Waals surface area contributed by atoms with Crippen molar-refractivity contribution < 1.29 is 4.79 Å². The van der Waals surface area contributed by atoms with Crippen molar-refractivity contribution in [1.29, 1.82) is 0 Å². The summed E-state index contributed by atoms with van der Waals surface area (Å²) in [6.07, 6.45) is 10.3. The standard InChI is InChI=1S/C27H23N9O/c1-27(2,3)26(37)32-18-10-16(12-29-14-18)17-11-19-22(35-36-24(19)31-13-17)25-33-20-6-9-30-21(23(20)34-25)15-4-7-28-8-5-15/h4-14H,1-3H3,(H,32,37)(H,33,34)(H,31,35,36). The Hall–Kier alpha value is -4.99. The molecule has 0 aliphatic heterocycles. The molecule has 6 aromatic heterocycles. The number of nitrogens with one attached hydrogen (secondary N) is 3. The minimum absolute atomic E-state index is 0.0809. The number of anilines is 1. The van der Waals surface area contributed by atoms with Crippen LogP contribution in [0.5, 0.6) is 0 Å². The molecule has 10 nitrogen and oxygen atoms in total. The van der Waals surface area contributed by atoms with E-state index in [4.69, 9.17) is 4.98 Å². The molecule has 0 atom stereocenters. The Balaban J connectivity index is 1.40. The Kier molecular flexibility index (Phi) is 5.22. The normalized spacial score (nSPS) is 11.8. The maximum Gasteiger partial charge on any atom is 0.229 e. The molecular formula is C27H23N9O. The minimum atomic E-state index is -0.512. The molecule has 6 rings (SSSR count). The van der Waals surface area contributed by atoms with Gasteiger partial charge in [0.05, 0.1) is 28.5 Å². The number of pyridine rings is 4. The zero-order valence-corrected chi connectivity index (χ0v) is 20.4. The highest BCUT2D eigenvalue weighted by Crippen LogP contribution is 2.32. The van der Waals surface area contributed by atoms with Crippen LogP contribution in [-0.2, 0) is 4.79 Å². The fourth-order valence-corrected chi connectivity index (χ4v) is 4.00. The Bertz CT molecular complexity index is 1760.